The zero-order valence-electron chi connectivity index (χ0n) is 27.6. The van der Waals surface area contributed by atoms with E-state index in [2.05, 4.69) is 89.8 Å². The summed E-state index contributed by atoms with van der Waals surface area (Å²) in [5.41, 5.74) is 8.93. The normalized spacial score (nSPS) is 11.4. The molecule has 3 aromatic heterocycles. The fraction of sp³-hybridized carbons (Fsp3) is 0. The smallest absolute Gasteiger partial charge is 0.187 e. The number of hydrogen-bond acceptors (Lipinski definition) is 5. The maximum absolute atomic E-state index is 7.31. The minimum absolute atomic E-state index is 0.542. The number of thiophene rings is 1. The van der Waals surface area contributed by atoms with E-state index in [0.717, 1.165) is 65.6 Å². The summed E-state index contributed by atoms with van der Waals surface area (Å²) in [5, 5.41) is 4.45. The summed E-state index contributed by atoms with van der Waals surface area (Å²) >= 11 is 1.76. The van der Waals surface area contributed by atoms with Gasteiger partial charge in [0, 0.05) is 42.1 Å². The van der Waals surface area contributed by atoms with Crippen LogP contribution in [0.15, 0.2) is 162 Å². The third-order valence-electron chi connectivity index (χ3n) is 9.61. The molecule has 0 saturated heterocycles. The number of aromatic nitrogens is 3. The zero-order chi connectivity index (χ0) is 34.6. The van der Waals surface area contributed by atoms with Crippen molar-refractivity contribution in [3.8, 4) is 56.4 Å². The van der Waals surface area contributed by atoms with Gasteiger partial charge < -0.3 is 4.42 Å². The standard InChI is InChI=1S/C46H26N4OS/c1-47-32-24-22-29(23-25-32)28-18-20-30(21-19-28)33-26-27-36-34-12-5-7-16-39(34)51-42(36)41(33)46-49-44(31-10-3-2-4-11-31)48-45(50-46)38-15-9-14-37-35-13-6-8-17-40(35)52-43(37)38/h2-27H. The molecule has 0 atom stereocenters. The molecule has 0 radical (unpaired) electrons. The largest absolute Gasteiger partial charge is 0.455 e. The molecule has 0 unspecified atom stereocenters. The highest BCUT2D eigenvalue weighted by Crippen LogP contribution is 2.43. The molecule has 0 aliphatic carbocycles. The van der Waals surface area contributed by atoms with Crippen molar-refractivity contribution in [2.45, 2.75) is 0 Å². The molecular weight excluding hydrogens is 657 g/mol. The third kappa shape index (κ3) is 4.95. The van der Waals surface area contributed by atoms with Crippen molar-refractivity contribution in [2.24, 2.45) is 0 Å². The molecule has 0 spiro atoms. The number of furan rings is 1. The molecule has 0 aliphatic heterocycles. The molecule has 10 rings (SSSR count). The highest BCUT2D eigenvalue weighted by Gasteiger charge is 2.23. The van der Waals surface area contributed by atoms with Crippen LogP contribution in [0.1, 0.15) is 0 Å². The predicted molar refractivity (Wildman–Crippen MR) is 213 cm³/mol. The lowest BCUT2D eigenvalue weighted by Gasteiger charge is -2.13. The summed E-state index contributed by atoms with van der Waals surface area (Å²) in [6, 6.07) is 53.6. The first-order valence-electron chi connectivity index (χ1n) is 17.0. The summed E-state index contributed by atoms with van der Waals surface area (Å²) < 4.78 is 9.06. The summed E-state index contributed by atoms with van der Waals surface area (Å²) in [6.45, 7) is 7.31. The van der Waals surface area contributed by atoms with Gasteiger partial charge in [0.25, 0.3) is 0 Å². The Morgan fingerprint density at radius 1 is 0.462 bits per heavy atom. The van der Waals surface area contributed by atoms with Gasteiger partial charge in [-0.25, -0.2) is 19.8 Å². The number of nitrogens with zero attached hydrogens (tertiary/aromatic N) is 4. The molecule has 10 aromatic rings. The van der Waals surface area contributed by atoms with E-state index >= 15 is 0 Å². The minimum atomic E-state index is 0.542. The number of benzene rings is 7. The molecule has 0 N–H and O–H groups in total. The third-order valence-corrected chi connectivity index (χ3v) is 10.8. The van der Waals surface area contributed by atoms with E-state index in [0.29, 0.717) is 23.2 Å². The van der Waals surface area contributed by atoms with Crippen LogP contribution in [0.3, 0.4) is 0 Å². The van der Waals surface area contributed by atoms with Gasteiger partial charge in [-0.3, -0.25) is 0 Å². The Kier molecular flexibility index (Phi) is 6.98. The van der Waals surface area contributed by atoms with E-state index in [-0.39, 0.29) is 0 Å². The van der Waals surface area contributed by atoms with Crippen LogP contribution in [0.25, 0.3) is 103 Å². The molecule has 0 amide bonds. The van der Waals surface area contributed by atoms with Crippen LogP contribution in [0, 0.1) is 6.57 Å². The molecule has 0 saturated carbocycles. The van der Waals surface area contributed by atoms with Crippen LogP contribution in [-0.4, -0.2) is 15.0 Å². The fourth-order valence-corrected chi connectivity index (χ4v) is 8.28. The van der Waals surface area contributed by atoms with Crippen molar-refractivity contribution in [1.82, 2.24) is 15.0 Å². The number of hydrogen-bond donors (Lipinski definition) is 0. The Morgan fingerprint density at radius 3 is 1.92 bits per heavy atom. The molecular formula is C46H26N4OS. The van der Waals surface area contributed by atoms with Crippen LogP contribution in [0.4, 0.5) is 5.69 Å². The molecule has 52 heavy (non-hydrogen) atoms. The maximum atomic E-state index is 7.31. The predicted octanol–water partition coefficient (Wildman–Crippen LogP) is 13.0. The second kappa shape index (κ2) is 12.1. The zero-order valence-corrected chi connectivity index (χ0v) is 28.4. The van der Waals surface area contributed by atoms with E-state index in [9.17, 15) is 0 Å². The SMILES string of the molecule is [C-]#[N+]c1ccc(-c2ccc(-c3ccc4c(oc5ccccc54)c3-c3nc(-c4ccccc4)nc(-c4cccc5c4sc4ccccc45)n3)cc2)cc1. The van der Waals surface area contributed by atoms with Gasteiger partial charge in [0.05, 0.1) is 12.1 Å². The van der Waals surface area contributed by atoms with Crippen molar-refractivity contribution < 1.29 is 4.42 Å². The average molecular weight is 683 g/mol. The Morgan fingerprint density at radius 2 is 1.12 bits per heavy atom. The van der Waals surface area contributed by atoms with E-state index in [1.165, 1.54) is 15.5 Å². The van der Waals surface area contributed by atoms with Gasteiger partial charge in [-0.1, -0.05) is 133 Å². The first-order valence-corrected chi connectivity index (χ1v) is 17.8. The topological polar surface area (TPSA) is 56.2 Å². The van der Waals surface area contributed by atoms with E-state index < -0.39 is 0 Å². The highest BCUT2D eigenvalue weighted by molar-refractivity contribution is 7.26. The molecule has 3 heterocycles. The molecule has 5 nitrogen and oxygen atoms in total. The second-order valence-corrected chi connectivity index (χ2v) is 13.7. The lowest BCUT2D eigenvalue weighted by Crippen LogP contribution is -2.01. The van der Waals surface area contributed by atoms with Gasteiger partial charge in [-0.15, -0.1) is 11.3 Å². The van der Waals surface area contributed by atoms with Gasteiger partial charge in [0.2, 0.25) is 0 Å². The lowest BCUT2D eigenvalue weighted by atomic mass is 9.94. The van der Waals surface area contributed by atoms with Crippen LogP contribution >= 0.6 is 11.3 Å². The summed E-state index contributed by atoms with van der Waals surface area (Å²) in [7, 11) is 0. The minimum Gasteiger partial charge on any atom is -0.455 e. The van der Waals surface area contributed by atoms with Crippen molar-refractivity contribution in [3.05, 3.63) is 169 Å². The molecule has 0 fully saturated rings. The van der Waals surface area contributed by atoms with Gasteiger partial charge >= 0.3 is 0 Å². The average Bonchev–Trinajstić information content (AvgIpc) is 3.79. The van der Waals surface area contributed by atoms with Crippen molar-refractivity contribution in [1.29, 1.82) is 0 Å². The van der Waals surface area contributed by atoms with Crippen LogP contribution in [-0.2, 0) is 0 Å². The Labute approximate surface area is 303 Å². The number of fused-ring (bicyclic) bond motifs is 6. The number of para-hydroxylation sites is 1. The Bertz CT molecular complexity index is 3010. The Balaban J connectivity index is 1.23. The first-order chi connectivity index (χ1) is 25.7. The summed E-state index contributed by atoms with van der Waals surface area (Å²) in [4.78, 5) is 19.2. The van der Waals surface area contributed by atoms with Gasteiger partial charge in [0.15, 0.2) is 23.2 Å². The van der Waals surface area contributed by atoms with E-state index in [1.54, 1.807) is 11.3 Å². The first kappa shape index (κ1) is 29.9. The van der Waals surface area contributed by atoms with Crippen molar-refractivity contribution >= 4 is 59.1 Å². The maximum Gasteiger partial charge on any atom is 0.187 e. The molecule has 0 aliphatic rings. The molecule has 7 aromatic carbocycles. The van der Waals surface area contributed by atoms with E-state index in [4.69, 9.17) is 25.9 Å². The fourth-order valence-electron chi connectivity index (χ4n) is 7.07. The van der Waals surface area contributed by atoms with Gasteiger partial charge in [-0.2, -0.15) is 0 Å². The van der Waals surface area contributed by atoms with Crippen molar-refractivity contribution in [3.63, 3.8) is 0 Å². The summed E-state index contributed by atoms with van der Waals surface area (Å²) in [6.07, 6.45) is 0. The molecule has 6 heteroatoms. The van der Waals surface area contributed by atoms with E-state index in [1.807, 2.05) is 72.8 Å². The van der Waals surface area contributed by atoms with Gasteiger partial charge in [-0.05, 0) is 46.5 Å². The van der Waals surface area contributed by atoms with Crippen molar-refractivity contribution in [2.75, 3.05) is 0 Å². The molecule has 0 bridgehead atoms. The van der Waals surface area contributed by atoms with Gasteiger partial charge in [0.1, 0.15) is 11.2 Å². The van der Waals surface area contributed by atoms with Crippen LogP contribution < -0.4 is 0 Å². The molecule has 242 valence electrons. The van der Waals surface area contributed by atoms with Crippen LogP contribution in [0.2, 0.25) is 0 Å². The quantitative estimate of drug-likeness (QED) is 0.170. The Hall–Kier alpha value is -6.94. The summed E-state index contributed by atoms with van der Waals surface area (Å²) in [5.74, 6) is 1.75. The number of rotatable bonds is 5. The second-order valence-electron chi connectivity index (χ2n) is 12.7. The monoisotopic (exact) mass is 682 g/mol. The highest BCUT2D eigenvalue weighted by atomic mass is 32.1. The lowest BCUT2D eigenvalue weighted by molar-refractivity contribution is 0.669. The van der Waals surface area contributed by atoms with Crippen LogP contribution in [0.5, 0.6) is 0 Å².